The molecule has 0 aliphatic carbocycles. The monoisotopic (exact) mass is 372 g/mol. The molecule has 0 radical (unpaired) electrons. The smallest absolute Gasteiger partial charge is 0.411 e. The van der Waals surface area contributed by atoms with Crippen molar-refractivity contribution in [3.63, 3.8) is 0 Å². The Hall–Kier alpha value is -2.47. The number of ether oxygens (including phenoxy) is 1. The van der Waals surface area contributed by atoms with E-state index >= 15 is 0 Å². The van der Waals surface area contributed by atoms with Gasteiger partial charge in [0.05, 0.1) is 6.61 Å². The van der Waals surface area contributed by atoms with Gasteiger partial charge in [-0.05, 0) is 55.0 Å². The number of rotatable bonds is 7. The van der Waals surface area contributed by atoms with E-state index in [-0.39, 0.29) is 5.91 Å². The number of thioether (sulfide) groups is 1. The third-order valence-electron chi connectivity index (χ3n) is 3.78. The van der Waals surface area contributed by atoms with Gasteiger partial charge in [0.2, 0.25) is 0 Å². The number of hydrogen-bond donors (Lipinski definition) is 2. The second-order valence-corrected chi connectivity index (χ2v) is 6.89. The number of amides is 2. The predicted molar refractivity (Wildman–Crippen MR) is 108 cm³/mol. The lowest BCUT2D eigenvalue weighted by molar-refractivity contribution is 0.102. The fraction of sp³-hybridized carbons (Fsp3) is 0.300. The van der Waals surface area contributed by atoms with E-state index in [1.165, 1.54) is 5.56 Å². The van der Waals surface area contributed by atoms with Gasteiger partial charge in [-0.15, -0.1) is 0 Å². The van der Waals surface area contributed by atoms with Crippen LogP contribution in [0.3, 0.4) is 0 Å². The number of hydrogen-bond acceptors (Lipinski definition) is 4. The van der Waals surface area contributed by atoms with Crippen molar-refractivity contribution in [1.29, 1.82) is 0 Å². The van der Waals surface area contributed by atoms with E-state index in [9.17, 15) is 9.59 Å². The zero-order valence-electron chi connectivity index (χ0n) is 15.3. The Balaban J connectivity index is 2.07. The van der Waals surface area contributed by atoms with Crippen molar-refractivity contribution in [2.75, 3.05) is 23.0 Å². The van der Waals surface area contributed by atoms with Gasteiger partial charge in [0.15, 0.2) is 0 Å². The zero-order valence-corrected chi connectivity index (χ0v) is 16.1. The van der Waals surface area contributed by atoms with Gasteiger partial charge in [-0.2, -0.15) is 11.8 Å². The highest BCUT2D eigenvalue weighted by Gasteiger charge is 2.11. The molecular formula is C20H24N2O3S. The van der Waals surface area contributed by atoms with Gasteiger partial charge >= 0.3 is 6.09 Å². The average molecular weight is 372 g/mol. The minimum atomic E-state index is -0.514. The summed E-state index contributed by atoms with van der Waals surface area (Å²) >= 11 is 1.84. The zero-order chi connectivity index (χ0) is 18.9. The van der Waals surface area contributed by atoms with Gasteiger partial charge < -0.3 is 10.1 Å². The molecule has 0 aliphatic heterocycles. The fourth-order valence-corrected chi connectivity index (χ4v) is 2.98. The molecule has 0 spiro atoms. The molecule has 138 valence electrons. The normalized spacial score (nSPS) is 10.3. The molecule has 2 rings (SSSR count). The van der Waals surface area contributed by atoms with Crippen molar-refractivity contribution < 1.29 is 14.3 Å². The summed E-state index contributed by atoms with van der Waals surface area (Å²) in [4.78, 5) is 24.1. The Bertz CT molecular complexity index is 760. The highest BCUT2D eigenvalue weighted by Crippen LogP contribution is 2.24. The Kier molecular flexibility index (Phi) is 7.53. The summed E-state index contributed by atoms with van der Waals surface area (Å²) in [5, 5.41) is 5.58. The Morgan fingerprint density at radius 3 is 2.27 bits per heavy atom. The summed E-state index contributed by atoms with van der Waals surface area (Å²) in [6.45, 7) is 6.01. The fourth-order valence-electron chi connectivity index (χ4n) is 2.35. The molecule has 2 aromatic carbocycles. The number of anilines is 2. The van der Waals surface area contributed by atoms with Gasteiger partial charge in [0, 0.05) is 22.7 Å². The minimum Gasteiger partial charge on any atom is -0.450 e. The third-order valence-corrected chi connectivity index (χ3v) is 4.73. The van der Waals surface area contributed by atoms with Crippen molar-refractivity contribution in [2.24, 2.45) is 0 Å². The van der Waals surface area contributed by atoms with Crippen LogP contribution in [0, 0.1) is 6.92 Å². The second-order valence-electron chi connectivity index (χ2n) is 5.61. The quantitative estimate of drug-likeness (QED) is 0.712. The Morgan fingerprint density at radius 2 is 1.65 bits per heavy atom. The molecule has 0 aliphatic rings. The maximum Gasteiger partial charge on any atom is 0.411 e. The summed E-state index contributed by atoms with van der Waals surface area (Å²) in [6, 6.07) is 13.0. The van der Waals surface area contributed by atoms with Crippen LogP contribution in [0.4, 0.5) is 16.2 Å². The molecule has 2 aromatic rings. The lowest BCUT2D eigenvalue weighted by Gasteiger charge is -2.13. The molecule has 6 heteroatoms. The Morgan fingerprint density at radius 1 is 1.00 bits per heavy atom. The van der Waals surface area contributed by atoms with Crippen molar-refractivity contribution in [1.82, 2.24) is 0 Å². The molecule has 0 saturated carbocycles. The van der Waals surface area contributed by atoms with Crippen LogP contribution in [0.1, 0.15) is 35.3 Å². The SMILES string of the molecule is CCOC(=O)Nc1cccc(NC(=O)c2ccc(CSCC)cc2)c1C. The van der Waals surface area contributed by atoms with Gasteiger partial charge in [-0.25, -0.2) is 4.79 Å². The number of benzene rings is 2. The van der Waals surface area contributed by atoms with Crippen molar-refractivity contribution >= 4 is 35.1 Å². The van der Waals surface area contributed by atoms with Crippen LogP contribution < -0.4 is 10.6 Å². The molecule has 0 saturated heterocycles. The van der Waals surface area contributed by atoms with Crippen molar-refractivity contribution in [2.45, 2.75) is 26.5 Å². The lowest BCUT2D eigenvalue weighted by atomic mass is 10.1. The first kappa shape index (κ1) is 19.8. The van der Waals surface area contributed by atoms with Crippen LogP contribution in [0.2, 0.25) is 0 Å². The number of carbonyl (C=O) groups is 2. The second kappa shape index (κ2) is 9.87. The first-order valence-corrected chi connectivity index (χ1v) is 9.72. The molecule has 5 nitrogen and oxygen atoms in total. The van der Waals surface area contributed by atoms with E-state index in [2.05, 4.69) is 17.6 Å². The van der Waals surface area contributed by atoms with Gasteiger partial charge in [0.25, 0.3) is 5.91 Å². The van der Waals surface area contributed by atoms with Gasteiger partial charge in [-0.3, -0.25) is 10.1 Å². The van der Waals surface area contributed by atoms with Crippen LogP contribution in [-0.2, 0) is 10.5 Å². The van der Waals surface area contributed by atoms with Crippen LogP contribution in [-0.4, -0.2) is 24.4 Å². The number of nitrogens with one attached hydrogen (secondary N) is 2. The van der Waals surface area contributed by atoms with Crippen LogP contribution in [0.5, 0.6) is 0 Å². The summed E-state index contributed by atoms with van der Waals surface area (Å²) < 4.78 is 4.89. The van der Waals surface area contributed by atoms with Crippen molar-refractivity contribution in [3.8, 4) is 0 Å². The molecule has 0 unspecified atom stereocenters. The first-order valence-electron chi connectivity index (χ1n) is 8.56. The molecular weight excluding hydrogens is 348 g/mol. The first-order chi connectivity index (χ1) is 12.5. The maximum atomic E-state index is 12.5. The van der Waals surface area contributed by atoms with Crippen LogP contribution in [0.15, 0.2) is 42.5 Å². The maximum absolute atomic E-state index is 12.5. The number of carbonyl (C=O) groups excluding carboxylic acids is 2. The van der Waals surface area contributed by atoms with E-state index in [4.69, 9.17) is 4.74 Å². The third kappa shape index (κ3) is 5.52. The molecule has 2 amide bonds. The summed E-state index contributed by atoms with van der Waals surface area (Å²) in [5.74, 6) is 1.83. The van der Waals surface area contributed by atoms with E-state index in [0.717, 1.165) is 17.1 Å². The molecule has 0 aromatic heterocycles. The van der Waals surface area contributed by atoms with Crippen LogP contribution in [0.25, 0.3) is 0 Å². The highest BCUT2D eigenvalue weighted by atomic mass is 32.2. The Labute approximate surface area is 158 Å². The largest absolute Gasteiger partial charge is 0.450 e. The van der Waals surface area contributed by atoms with Gasteiger partial charge in [-0.1, -0.05) is 25.1 Å². The van der Waals surface area contributed by atoms with E-state index in [1.54, 1.807) is 25.1 Å². The van der Waals surface area contributed by atoms with E-state index in [0.29, 0.717) is 23.5 Å². The average Bonchev–Trinajstić information content (AvgIpc) is 2.64. The topological polar surface area (TPSA) is 67.4 Å². The molecule has 26 heavy (non-hydrogen) atoms. The van der Waals surface area contributed by atoms with Crippen LogP contribution >= 0.6 is 11.8 Å². The predicted octanol–water partition coefficient (Wildman–Crippen LogP) is 5.07. The molecule has 0 bridgehead atoms. The minimum absolute atomic E-state index is 0.184. The van der Waals surface area contributed by atoms with Crippen molar-refractivity contribution in [3.05, 3.63) is 59.2 Å². The highest BCUT2D eigenvalue weighted by molar-refractivity contribution is 7.98. The molecule has 2 N–H and O–H groups in total. The summed E-state index contributed by atoms with van der Waals surface area (Å²) in [7, 11) is 0. The standard InChI is InChI=1S/C20H24N2O3S/c1-4-25-20(24)22-18-8-6-7-17(14(18)3)21-19(23)16-11-9-15(10-12-16)13-26-5-2/h6-12H,4-5,13H2,1-3H3,(H,21,23)(H,22,24). The lowest BCUT2D eigenvalue weighted by Crippen LogP contribution is -2.16. The van der Waals surface area contributed by atoms with Gasteiger partial charge in [0.1, 0.15) is 0 Å². The summed E-state index contributed by atoms with van der Waals surface area (Å²) in [6.07, 6.45) is -0.514. The van der Waals surface area contributed by atoms with E-state index in [1.807, 2.05) is 43.0 Å². The summed E-state index contributed by atoms with van der Waals surface area (Å²) in [5.41, 5.74) is 3.82. The molecule has 0 atom stereocenters. The molecule has 0 fully saturated rings. The molecule has 0 heterocycles. The van der Waals surface area contributed by atoms with E-state index < -0.39 is 6.09 Å².